The Hall–Kier alpha value is -2.51. The number of nitro groups is 2. The summed E-state index contributed by atoms with van der Waals surface area (Å²) in [4.78, 5) is 32.8. The minimum absolute atomic E-state index is 0.0499. The molecule has 1 aromatic rings. The van der Waals surface area contributed by atoms with E-state index < -0.39 is 27.1 Å². The Bertz CT molecular complexity index is 673. The van der Waals surface area contributed by atoms with Gasteiger partial charge in [-0.05, 0) is 43.9 Å². The van der Waals surface area contributed by atoms with Crippen LogP contribution in [0.25, 0.3) is 0 Å². The van der Waals surface area contributed by atoms with Gasteiger partial charge in [0.1, 0.15) is 0 Å². The van der Waals surface area contributed by atoms with Crippen LogP contribution in [0.5, 0.6) is 0 Å². The van der Waals surface area contributed by atoms with Crippen LogP contribution in [0.1, 0.15) is 43.0 Å². The van der Waals surface area contributed by atoms with Gasteiger partial charge in [0, 0.05) is 18.2 Å². The van der Waals surface area contributed by atoms with Crippen LogP contribution in [0.15, 0.2) is 18.2 Å². The molecule has 2 saturated carbocycles. The van der Waals surface area contributed by atoms with Crippen LogP contribution < -0.4 is 5.32 Å². The molecule has 0 radical (unpaired) electrons. The lowest BCUT2D eigenvalue weighted by atomic mass is 9.84. The SMILES string of the molecule is C[C@H](NC(=O)c1cc([N+](=O)[O-])cc([N+](=O)[O-])c1)[C@@H]1C[C@@H]2CC[C@@H]1C2. The predicted octanol–water partition coefficient (Wildman–Crippen LogP) is 3.06. The highest BCUT2D eigenvalue weighted by molar-refractivity contribution is 5.95. The summed E-state index contributed by atoms with van der Waals surface area (Å²) in [7, 11) is 0. The molecular formula is C16H19N3O5. The van der Waals surface area contributed by atoms with Crippen molar-refractivity contribution < 1.29 is 14.6 Å². The number of nitrogens with one attached hydrogen (secondary N) is 1. The largest absolute Gasteiger partial charge is 0.349 e. The van der Waals surface area contributed by atoms with Gasteiger partial charge in [-0.15, -0.1) is 0 Å². The van der Waals surface area contributed by atoms with Crippen LogP contribution in [0, 0.1) is 38.0 Å². The zero-order chi connectivity index (χ0) is 17.4. The maximum absolute atomic E-state index is 12.4. The molecule has 8 nitrogen and oxygen atoms in total. The average Bonchev–Trinajstić information content (AvgIpc) is 3.17. The maximum atomic E-state index is 12.4. The third kappa shape index (κ3) is 3.08. The van der Waals surface area contributed by atoms with Crippen molar-refractivity contribution in [2.24, 2.45) is 17.8 Å². The van der Waals surface area contributed by atoms with Gasteiger partial charge in [0.2, 0.25) is 0 Å². The molecule has 24 heavy (non-hydrogen) atoms. The molecule has 8 heteroatoms. The molecule has 0 aliphatic heterocycles. The molecular weight excluding hydrogens is 314 g/mol. The highest BCUT2D eigenvalue weighted by Crippen LogP contribution is 2.49. The Morgan fingerprint density at radius 2 is 1.75 bits per heavy atom. The molecule has 128 valence electrons. The molecule has 2 fully saturated rings. The zero-order valence-corrected chi connectivity index (χ0v) is 13.3. The van der Waals surface area contributed by atoms with Crippen LogP contribution in [0.4, 0.5) is 11.4 Å². The number of amides is 1. The van der Waals surface area contributed by atoms with E-state index in [1.54, 1.807) is 0 Å². The predicted molar refractivity (Wildman–Crippen MR) is 85.6 cm³/mol. The van der Waals surface area contributed by atoms with Crippen LogP contribution >= 0.6 is 0 Å². The van der Waals surface area contributed by atoms with Gasteiger partial charge < -0.3 is 5.32 Å². The van der Waals surface area contributed by atoms with Crippen molar-refractivity contribution >= 4 is 17.3 Å². The quantitative estimate of drug-likeness (QED) is 0.656. The van der Waals surface area contributed by atoms with E-state index in [4.69, 9.17) is 0 Å². The second kappa shape index (κ2) is 6.18. The molecule has 1 aromatic carbocycles. The first kappa shape index (κ1) is 16.4. The minimum Gasteiger partial charge on any atom is -0.349 e. The van der Waals surface area contributed by atoms with Crippen LogP contribution in [0.2, 0.25) is 0 Å². The van der Waals surface area contributed by atoms with Crippen LogP contribution in [0.3, 0.4) is 0 Å². The molecule has 0 unspecified atom stereocenters. The van der Waals surface area contributed by atoms with E-state index in [0.717, 1.165) is 30.5 Å². The molecule has 2 aliphatic carbocycles. The van der Waals surface area contributed by atoms with Crippen molar-refractivity contribution in [1.82, 2.24) is 5.32 Å². The summed E-state index contributed by atoms with van der Waals surface area (Å²) in [6.45, 7) is 1.94. The molecule has 0 heterocycles. The Morgan fingerprint density at radius 1 is 1.12 bits per heavy atom. The van der Waals surface area contributed by atoms with Crippen molar-refractivity contribution in [2.75, 3.05) is 0 Å². The number of non-ortho nitro benzene ring substituents is 2. The van der Waals surface area contributed by atoms with Crippen molar-refractivity contribution in [1.29, 1.82) is 0 Å². The van der Waals surface area contributed by atoms with E-state index in [1.807, 2.05) is 6.92 Å². The maximum Gasteiger partial charge on any atom is 0.277 e. The van der Waals surface area contributed by atoms with Gasteiger partial charge in [-0.3, -0.25) is 25.0 Å². The van der Waals surface area contributed by atoms with E-state index in [0.29, 0.717) is 11.8 Å². The number of carbonyl (C=O) groups excluding carboxylic acids is 1. The molecule has 0 spiro atoms. The molecule has 4 atom stereocenters. The minimum atomic E-state index is -0.733. The molecule has 1 amide bonds. The van der Waals surface area contributed by atoms with E-state index in [-0.39, 0.29) is 11.6 Å². The monoisotopic (exact) mass is 333 g/mol. The topological polar surface area (TPSA) is 115 Å². The Kier molecular flexibility index (Phi) is 4.21. The number of fused-ring (bicyclic) bond motifs is 2. The first-order chi connectivity index (χ1) is 11.3. The number of hydrogen-bond donors (Lipinski definition) is 1. The van der Waals surface area contributed by atoms with Crippen molar-refractivity contribution in [3.63, 3.8) is 0 Å². The Balaban J connectivity index is 1.76. The fourth-order valence-electron chi connectivity index (χ4n) is 4.24. The molecule has 0 aromatic heterocycles. The summed E-state index contributed by atoms with van der Waals surface area (Å²) in [5.74, 6) is 1.29. The fraction of sp³-hybridized carbons (Fsp3) is 0.562. The number of nitro benzene ring substituents is 2. The third-order valence-electron chi connectivity index (χ3n) is 5.38. The van der Waals surface area contributed by atoms with Gasteiger partial charge in [0.05, 0.1) is 21.5 Å². The standard InChI is InChI=1S/C16H19N3O5/c1-9(15-5-10-2-3-11(15)4-10)17-16(20)12-6-13(18(21)22)8-14(7-12)19(23)24/h6-11,15H,2-5H2,1H3,(H,17,20)/t9-,10+,11+,15-/m0/s1. The van der Waals surface area contributed by atoms with Crippen LogP contribution in [-0.4, -0.2) is 21.8 Å². The average molecular weight is 333 g/mol. The summed E-state index contributed by atoms with van der Waals surface area (Å²) in [6, 6.07) is 2.97. The smallest absolute Gasteiger partial charge is 0.277 e. The lowest BCUT2D eigenvalue weighted by molar-refractivity contribution is -0.394. The lowest BCUT2D eigenvalue weighted by Gasteiger charge is -2.28. The van der Waals surface area contributed by atoms with Gasteiger partial charge in [-0.1, -0.05) is 6.42 Å². The second-order valence-electron chi connectivity index (χ2n) is 6.85. The Labute approximate surface area is 138 Å². The molecule has 2 bridgehead atoms. The molecule has 2 aliphatic rings. The van der Waals surface area contributed by atoms with Gasteiger partial charge in [0.15, 0.2) is 0 Å². The number of nitrogens with zero attached hydrogens (tertiary/aromatic N) is 2. The highest BCUT2D eigenvalue weighted by Gasteiger charge is 2.42. The first-order valence-electron chi connectivity index (χ1n) is 8.10. The number of rotatable bonds is 5. The van der Waals surface area contributed by atoms with Crippen molar-refractivity contribution in [3.8, 4) is 0 Å². The van der Waals surface area contributed by atoms with Crippen LogP contribution in [-0.2, 0) is 0 Å². The first-order valence-corrected chi connectivity index (χ1v) is 8.10. The van der Waals surface area contributed by atoms with E-state index in [9.17, 15) is 25.0 Å². The Morgan fingerprint density at radius 3 is 2.21 bits per heavy atom. The summed E-state index contributed by atoms with van der Waals surface area (Å²) in [5, 5.41) is 24.7. The summed E-state index contributed by atoms with van der Waals surface area (Å²) < 4.78 is 0. The van der Waals surface area contributed by atoms with E-state index >= 15 is 0 Å². The van der Waals surface area contributed by atoms with Gasteiger partial charge in [-0.25, -0.2) is 0 Å². The molecule has 1 N–H and O–H groups in total. The zero-order valence-electron chi connectivity index (χ0n) is 13.3. The molecule has 0 saturated heterocycles. The van der Waals surface area contributed by atoms with Gasteiger partial charge >= 0.3 is 0 Å². The number of benzene rings is 1. The van der Waals surface area contributed by atoms with Crippen molar-refractivity contribution in [3.05, 3.63) is 44.0 Å². The molecule has 3 rings (SSSR count). The highest BCUT2D eigenvalue weighted by atomic mass is 16.6. The second-order valence-corrected chi connectivity index (χ2v) is 6.85. The fourth-order valence-corrected chi connectivity index (χ4v) is 4.24. The summed E-state index contributed by atoms with van der Waals surface area (Å²) >= 11 is 0. The third-order valence-corrected chi connectivity index (χ3v) is 5.38. The number of hydrogen-bond acceptors (Lipinski definition) is 5. The van der Waals surface area contributed by atoms with Gasteiger partial charge in [-0.2, -0.15) is 0 Å². The van der Waals surface area contributed by atoms with E-state index in [1.165, 1.54) is 19.3 Å². The van der Waals surface area contributed by atoms with Crippen molar-refractivity contribution in [2.45, 2.75) is 38.6 Å². The summed E-state index contributed by atoms with van der Waals surface area (Å²) in [6.07, 6.45) is 4.77. The van der Waals surface area contributed by atoms with Gasteiger partial charge in [0.25, 0.3) is 17.3 Å². The lowest BCUT2D eigenvalue weighted by Crippen LogP contribution is -2.40. The normalized spacial score (nSPS) is 26.1. The number of carbonyl (C=O) groups is 1. The summed E-state index contributed by atoms with van der Waals surface area (Å²) in [5.41, 5.74) is -0.963. The van der Waals surface area contributed by atoms with E-state index in [2.05, 4.69) is 5.32 Å².